The van der Waals surface area contributed by atoms with Crippen LogP contribution in [0.4, 0.5) is 17.6 Å². The van der Waals surface area contributed by atoms with Gasteiger partial charge in [0.1, 0.15) is 21.9 Å². The van der Waals surface area contributed by atoms with E-state index < -0.39 is 39.4 Å². The van der Waals surface area contributed by atoms with E-state index in [1.54, 1.807) is 0 Å². The Bertz CT molecular complexity index is 479. The van der Waals surface area contributed by atoms with Gasteiger partial charge < -0.3 is 4.55 Å². The van der Waals surface area contributed by atoms with Crippen molar-refractivity contribution < 1.29 is 22.1 Å². The molecule has 0 N–H and O–H groups in total. The van der Waals surface area contributed by atoms with Crippen LogP contribution >= 0.6 is 0 Å². The molecule has 1 rings (SSSR count). The molecule has 7 heteroatoms. The van der Waals surface area contributed by atoms with E-state index in [-0.39, 0.29) is 0 Å². The molecule has 2 nitrogen and oxygen atoms in total. The minimum atomic E-state index is -4.80. The molecule has 0 aliphatic rings. The van der Waals surface area contributed by atoms with Crippen molar-refractivity contribution in [2.45, 2.75) is 31.7 Å². The van der Waals surface area contributed by atoms with E-state index in [4.69, 9.17) is 0 Å². The van der Waals surface area contributed by atoms with Crippen LogP contribution in [0.5, 0.6) is 0 Å². The van der Waals surface area contributed by atoms with E-state index in [0.29, 0.717) is 6.07 Å². The summed E-state index contributed by atoms with van der Waals surface area (Å²) in [5.74, 6) is -0.809. The van der Waals surface area contributed by atoms with Gasteiger partial charge in [-0.3, -0.25) is 0 Å². The maximum absolute atomic E-state index is 13.0. The zero-order valence-corrected chi connectivity index (χ0v) is 11.4. The zero-order chi connectivity index (χ0) is 14.8. The van der Waals surface area contributed by atoms with Gasteiger partial charge >= 0.3 is 6.18 Å². The number of alkyl halides is 3. The molecule has 1 unspecified atom stereocenters. The first-order valence-corrected chi connectivity index (χ1v) is 6.46. The van der Waals surface area contributed by atoms with Crippen LogP contribution in [-0.4, -0.2) is 21.2 Å². The Morgan fingerprint density at radius 1 is 1.21 bits per heavy atom. The van der Waals surface area contributed by atoms with Gasteiger partial charge in [0.05, 0.1) is 0 Å². The predicted molar refractivity (Wildman–Crippen MR) is 66.9 cm³/mol. The van der Waals surface area contributed by atoms with Crippen molar-refractivity contribution >= 4 is 17.1 Å². The average molecular weight is 295 g/mol. The highest BCUT2D eigenvalue weighted by Crippen LogP contribution is 2.26. The fourth-order valence-corrected chi connectivity index (χ4v) is 1.77. The van der Waals surface area contributed by atoms with Crippen molar-refractivity contribution in [3.8, 4) is 0 Å². The fourth-order valence-electron chi connectivity index (χ4n) is 1.12. The lowest BCUT2D eigenvalue weighted by atomic mass is 10.1. The van der Waals surface area contributed by atoms with Crippen molar-refractivity contribution in [2.75, 3.05) is 0 Å². The summed E-state index contributed by atoms with van der Waals surface area (Å²) in [6.07, 6.45) is -4.80. The van der Waals surface area contributed by atoms with E-state index in [1.807, 2.05) is 0 Å². The number of hydrogen-bond acceptors (Lipinski definition) is 2. The van der Waals surface area contributed by atoms with Crippen molar-refractivity contribution in [1.29, 1.82) is 0 Å². The first-order valence-electron chi connectivity index (χ1n) is 5.35. The van der Waals surface area contributed by atoms with Crippen LogP contribution in [0.2, 0.25) is 0 Å². The number of halogens is 4. The van der Waals surface area contributed by atoms with Crippen LogP contribution in [0, 0.1) is 5.82 Å². The fraction of sp³-hybridized carbons (Fsp3) is 0.417. The summed E-state index contributed by atoms with van der Waals surface area (Å²) in [4.78, 5) is 0. The van der Waals surface area contributed by atoms with Gasteiger partial charge in [-0.25, -0.2) is 4.39 Å². The van der Waals surface area contributed by atoms with Gasteiger partial charge in [0.2, 0.25) is 5.71 Å². The van der Waals surface area contributed by atoms with Crippen LogP contribution in [0.15, 0.2) is 28.7 Å². The van der Waals surface area contributed by atoms with E-state index in [2.05, 4.69) is 4.40 Å². The van der Waals surface area contributed by atoms with Crippen LogP contribution in [0.1, 0.15) is 26.3 Å². The van der Waals surface area contributed by atoms with Gasteiger partial charge in [-0.2, -0.15) is 13.2 Å². The molecule has 1 atom stereocenters. The summed E-state index contributed by atoms with van der Waals surface area (Å²) in [5, 5.41) is 0. The number of rotatable bonds is 2. The third-order valence-corrected chi connectivity index (χ3v) is 3.46. The highest BCUT2D eigenvalue weighted by Gasteiger charge is 2.41. The highest BCUT2D eigenvalue weighted by atomic mass is 32.2. The molecule has 106 valence electrons. The second-order valence-electron chi connectivity index (χ2n) is 4.81. The molecule has 0 amide bonds. The third-order valence-electron chi connectivity index (χ3n) is 2.06. The van der Waals surface area contributed by atoms with E-state index >= 15 is 0 Å². The SMILES string of the molecule is CC(C)(C)[S+]([O-])/N=C(/c1cccc(F)c1)C(F)(F)F. The monoisotopic (exact) mass is 295 g/mol. The van der Waals surface area contributed by atoms with Gasteiger partial charge in [0, 0.05) is 5.56 Å². The standard InChI is InChI=1S/C12H13F4NOS/c1-11(2,3)19(18)17-10(12(14,15)16)8-5-4-6-9(13)7-8/h4-7H,1-3H3/b17-10-. The molecule has 0 fully saturated rings. The molecular weight excluding hydrogens is 282 g/mol. The number of hydrogen-bond donors (Lipinski definition) is 0. The molecule has 0 aliphatic carbocycles. The summed E-state index contributed by atoms with van der Waals surface area (Å²) in [7, 11) is 0. The van der Waals surface area contributed by atoms with Gasteiger partial charge in [0.25, 0.3) is 0 Å². The quantitative estimate of drug-likeness (QED) is 0.466. The second-order valence-corrected chi connectivity index (χ2v) is 6.72. The molecule has 0 spiro atoms. The lowest BCUT2D eigenvalue weighted by molar-refractivity contribution is -0.0578. The predicted octanol–water partition coefficient (Wildman–Crippen LogP) is 3.64. The van der Waals surface area contributed by atoms with Crippen molar-refractivity contribution in [3.05, 3.63) is 35.6 Å². The Morgan fingerprint density at radius 3 is 2.21 bits per heavy atom. The van der Waals surface area contributed by atoms with E-state index in [9.17, 15) is 22.1 Å². The minimum absolute atomic E-state index is 0.440. The molecular formula is C12H13F4NOS. The normalized spacial score (nSPS) is 15.5. The molecule has 0 radical (unpaired) electrons. The molecule has 1 aromatic carbocycles. The van der Waals surface area contributed by atoms with Crippen LogP contribution < -0.4 is 0 Å². The van der Waals surface area contributed by atoms with E-state index in [0.717, 1.165) is 18.2 Å². The Morgan fingerprint density at radius 2 is 1.79 bits per heavy atom. The molecule has 0 saturated carbocycles. The molecule has 19 heavy (non-hydrogen) atoms. The Hall–Kier alpha value is -1.08. The molecule has 1 aromatic rings. The smallest absolute Gasteiger partial charge is 0.438 e. The molecule has 0 aromatic heterocycles. The molecule has 0 heterocycles. The largest absolute Gasteiger partial charge is 0.591 e. The maximum Gasteiger partial charge on any atom is 0.438 e. The number of benzene rings is 1. The summed E-state index contributed by atoms with van der Waals surface area (Å²) >= 11 is -2.08. The topological polar surface area (TPSA) is 35.4 Å². The zero-order valence-electron chi connectivity index (χ0n) is 10.6. The first-order chi connectivity index (χ1) is 8.51. The van der Waals surface area contributed by atoms with Crippen LogP contribution in [0.25, 0.3) is 0 Å². The Kier molecular flexibility index (Phi) is 4.63. The van der Waals surface area contributed by atoms with Gasteiger partial charge in [-0.1, -0.05) is 16.5 Å². The minimum Gasteiger partial charge on any atom is -0.591 e. The average Bonchev–Trinajstić information content (AvgIpc) is 2.22. The van der Waals surface area contributed by atoms with Crippen molar-refractivity contribution in [2.24, 2.45) is 4.40 Å². The van der Waals surface area contributed by atoms with Gasteiger partial charge in [0.15, 0.2) is 0 Å². The van der Waals surface area contributed by atoms with Gasteiger partial charge in [-0.05, 0) is 32.9 Å². The number of nitrogens with zero attached hydrogens (tertiary/aromatic N) is 1. The lowest BCUT2D eigenvalue weighted by Gasteiger charge is -2.20. The summed E-state index contributed by atoms with van der Waals surface area (Å²) in [5.41, 5.74) is -1.77. The summed E-state index contributed by atoms with van der Waals surface area (Å²) < 4.78 is 65.7. The highest BCUT2D eigenvalue weighted by molar-refractivity contribution is 7.91. The summed E-state index contributed by atoms with van der Waals surface area (Å²) in [6, 6.07) is 3.96. The third kappa shape index (κ3) is 4.50. The lowest BCUT2D eigenvalue weighted by Crippen LogP contribution is -2.31. The Balaban J connectivity index is 3.28. The molecule has 0 aliphatic heterocycles. The van der Waals surface area contributed by atoms with Crippen LogP contribution in [-0.2, 0) is 11.4 Å². The van der Waals surface area contributed by atoms with Crippen LogP contribution in [0.3, 0.4) is 0 Å². The second kappa shape index (κ2) is 5.50. The summed E-state index contributed by atoms with van der Waals surface area (Å²) in [6.45, 7) is 4.52. The molecule has 0 bridgehead atoms. The van der Waals surface area contributed by atoms with Gasteiger partial charge in [-0.15, -0.1) is 0 Å². The van der Waals surface area contributed by atoms with E-state index in [1.165, 1.54) is 20.8 Å². The maximum atomic E-state index is 13.0. The van der Waals surface area contributed by atoms with Crippen molar-refractivity contribution in [1.82, 2.24) is 0 Å². The first kappa shape index (κ1) is 16.0. The molecule has 0 saturated heterocycles. The Labute approximate surface area is 111 Å². The van der Waals surface area contributed by atoms with Crippen molar-refractivity contribution in [3.63, 3.8) is 0 Å².